The highest BCUT2D eigenvalue weighted by atomic mass is 16.6. The summed E-state index contributed by atoms with van der Waals surface area (Å²) in [4.78, 5) is 41.1. The van der Waals surface area contributed by atoms with E-state index in [1.807, 2.05) is 48.5 Å². The van der Waals surface area contributed by atoms with E-state index in [1.54, 1.807) is 4.90 Å². The monoisotopic (exact) mass is 426 g/mol. The number of benzene rings is 3. The summed E-state index contributed by atoms with van der Waals surface area (Å²) in [5, 5.41) is 11.0. The van der Waals surface area contributed by atoms with E-state index in [2.05, 4.69) is 19.9 Å². The number of nitrogens with zero attached hydrogens (tertiary/aromatic N) is 4. The lowest BCUT2D eigenvalue weighted by molar-refractivity contribution is -0.384. The number of aromatic amines is 2. The second-order valence-corrected chi connectivity index (χ2v) is 7.37. The summed E-state index contributed by atoms with van der Waals surface area (Å²) in [5.74, 6) is 0.996. The van der Waals surface area contributed by atoms with Crippen LogP contribution >= 0.6 is 0 Å². The summed E-state index contributed by atoms with van der Waals surface area (Å²) in [6.45, 7) is 0.448. The molecule has 9 heteroatoms. The van der Waals surface area contributed by atoms with E-state index in [1.165, 1.54) is 24.3 Å². The molecule has 0 unspecified atom stereocenters. The second kappa shape index (κ2) is 7.95. The van der Waals surface area contributed by atoms with Gasteiger partial charge in [-0.15, -0.1) is 0 Å². The van der Waals surface area contributed by atoms with Crippen molar-refractivity contribution in [2.45, 2.75) is 13.1 Å². The number of H-pyrrole nitrogens is 2. The fourth-order valence-electron chi connectivity index (χ4n) is 3.63. The van der Waals surface area contributed by atoms with Crippen molar-refractivity contribution < 1.29 is 9.72 Å². The standard InChI is InChI=1S/C23H18N6O3/c30-23(15-9-11-16(12-10-15)29(31)32)28(13-21-24-17-5-1-2-6-18(17)25-21)14-22-26-19-7-3-4-8-20(19)27-22/h1-12H,13-14H2,(H,24,25)(H,26,27). The number of para-hydroxylation sites is 4. The molecule has 3 aromatic carbocycles. The maximum Gasteiger partial charge on any atom is 0.269 e. The Balaban J connectivity index is 1.47. The number of nitrogens with one attached hydrogen (secondary N) is 2. The Labute approximate surface area is 181 Å². The Hall–Kier alpha value is -4.53. The van der Waals surface area contributed by atoms with Gasteiger partial charge in [0.1, 0.15) is 11.6 Å². The number of nitro benzene ring substituents is 1. The van der Waals surface area contributed by atoms with Crippen LogP contribution in [-0.2, 0) is 13.1 Å². The van der Waals surface area contributed by atoms with Gasteiger partial charge in [0.15, 0.2) is 0 Å². The maximum absolute atomic E-state index is 13.3. The highest BCUT2D eigenvalue weighted by molar-refractivity contribution is 5.94. The molecular weight excluding hydrogens is 408 g/mol. The summed E-state index contributed by atoms with van der Waals surface area (Å²) in [6, 6.07) is 20.9. The average molecular weight is 426 g/mol. The van der Waals surface area contributed by atoms with Crippen molar-refractivity contribution in [3.8, 4) is 0 Å². The van der Waals surface area contributed by atoms with Crippen molar-refractivity contribution in [3.05, 3.63) is 100 Å². The number of hydrogen-bond acceptors (Lipinski definition) is 5. The number of amides is 1. The van der Waals surface area contributed by atoms with Gasteiger partial charge in [-0.2, -0.15) is 0 Å². The maximum atomic E-state index is 13.3. The van der Waals surface area contributed by atoms with E-state index in [-0.39, 0.29) is 24.7 Å². The number of carbonyl (C=O) groups is 1. The molecular formula is C23H18N6O3. The van der Waals surface area contributed by atoms with Crippen LogP contribution in [0.15, 0.2) is 72.8 Å². The summed E-state index contributed by atoms with van der Waals surface area (Å²) >= 11 is 0. The largest absolute Gasteiger partial charge is 0.340 e. The van der Waals surface area contributed by atoms with Crippen molar-refractivity contribution in [3.63, 3.8) is 0 Å². The molecule has 158 valence electrons. The molecule has 0 spiro atoms. The molecule has 2 heterocycles. The average Bonchev–Trinajstić information content (AvgIpc) is 3.41. The minimum Gasteiger partial charge on any atom is -0.340 e. The molecule has 1 amide bonds. The van der Waals surface area contributed by atoms with E-state index in [0.29, 0.717) is 17.2 Å². The van der Waals surface area contributed by atoms with Gasteiger partial charge in [-0.25, -0.2) is 9.97 Å². The number of aromatic nitrogens is 4. The molecule has 32 heavy (non-hydrogen) atoms. The Morgan fingerprint density at radius 3 is 1.78 bits per heavy atom. The lowest BCUT2D eigenvalue weighted by Crippen LogP contribution is -2.31. The molecule has 0 aliphatic rings. The molecule has 0 aliphatic heterocycles. The van der Waals surface area contributed by atoms with Crippen molar-refractivity contribution in [2.75, 3.05) is 0 Å². The molecule has 0 radical (unpaired) electrons. The molecule has 2 N–H and O–H groups in total. The van der Waals surface area contributed by atoms with Crippen LogP contribution in [0.5, 0.6) is 0 Å². The number of nitro groups is 1. The zero-order valence-electron chi connectivity index (χ0n) is 16.9. The van der Waals surface area contributed by atoms with E-state index < -0.39 is 4.92 Å². The fraction of sp³-hybridized carbons (Fsp3) is 0.0870. The number of non-ortho nitro benzene ring substituents is 1. The first-order chi connectivity index (χ1) is 15.6. The summed E-state index contributed by atoms with van der Waals surface area (Å²) < 4.78 is 0. The van der Waals surface area contributed by atoms with Crippen LogP contribution in [0.4, 0.5) is 5.69 Å². The molecule has 0 bridgehead atoms. The van der Waals surface area contributed by atoms with E-state index in [0.717, 1.165) is 22.1 Å². The molecule has 0 saturated carbocycles. The molecule has 2 aromatic heterocycles. The summed E-state index contributed by atoms with van der Waals surface area (Å²) in [5.41, 5.74) is 3.68. The van der Waals surface area contributed by atoms with Crippen LogP contribution < -0.4 is 0 Å². The number of rotatable bonds is 6. The minimum absolute atomic E-state index is 0.0670. The quantitative estimate of drug-likeness (QED) is 0.311. The van der Waals surface area contributed by atoms with Gasteiger partial charge in [0.2, 0.25) is 0 Å². The van der Waals surface area contributed by atoms with Crippen LogP contribution in [0, 0.1) is 10.1 Å². The third-order valence-electron chi connectivity index (χ3n) is 5.17. The van der Waals surface area contributed by atoms with Crippen LogP contribution in [0.3, 0.4) is 0 Å². The third-order valence-corrected chi connectivity index (χ3v) is 5.17. The molecule has 0 saturated heterocycles. The van der Waals surface area contributed by atoms with Crippen LogP contribution in [0.1, 0.15) is 22.0 Å². The van der Waals surface area contributed by atoms with Gasteiger partial charge in [-0.1, -0.05) is 24.3 Å². The van der Waals surface area contributed by atoms with Gasteiger partial charge < -0.3 is 14.9 Å². The number of fused-ring (bicyclic) bond motifs is 2. The predicted molar refractivity (Wildman–Crippen MR) is 119 cm³/mol. The summed E-state index contributed by atoms with van der Waals surface area (Å²) in [7, 11) is 0. The third kappa shape index (κ3) is 3.79. The Morgan fingerprint density at radius 1 is 0.812 bits per heavy atom. The molecule has 9 nitrogen and oxygen atoms in total. The highest BCUT2D eigenvalue weighted by Crippen LogP contribution is 2.19. The number of carbonyl (C=O) groups excluding carboxylic acids is 1. The summed E-state index contributed by atoms with van der Waals surface area (Å²) in [6.07, 6.45) is 0. The normalized spacial score (nSPS) is 11.1. The van der Waals surface area contributed by atoms with Gasteiger partial charge in [-0.05, 0) is 36.4 Å². The molecule has 0 fully saturated rings. The van der Waals surface area contributed by atoms with Crippen molar-refractivity contribution in [2.24, 2.45) is 0 Å². The van der Waals surface area contributed by atoms with E-state index in [9.17, 15) is 14.9 Å². The van der Waals surface area contributed by atoms with Crippen LogP contribution in [0.25, 0.3) is 22.1 Å². The molecule has 5 rings (SSSR count). The van der Waals surface area contributed by atoms with Gasteiger partial charge in [0.25, 0.3) is 11.6 Å². The Kier molecular flexibility index (Phi) is 4.83. The van der Waals surface area contributed by atoms with Gasteiger partial charge in [0, 0.05) is 17.7 Å². The second-order valence-electron chi connectivity index (χ2n) is 7.37. The zero-order valence-corrected chi connectivity index (χ0v) is 16.9. The first-order valence-corrected chi connectivity index (χ1v) is 9.98. The molecule has 0 atom stereocenters. The topological polar surface area (TPSA) is 121 Å². The highest BCUT2D eigenvalue weighted by Gasteiger charge is 2.21. The van der Waals surface area contributed by atoms with Gasteiger partial charge in [0.05, 0.1) is 40.1 Å². The Bertz CT molecular complexity index is 1300. The first kappa shape index (κ1) is 19.4. The van der Waals surface area contributed by atoms with Crippen molar-refractivity contribution in [1.29, 1.82) is 0 Å². The van der Waals surface area contributed by atoms with Crippen LogP contribution in [-0.4, -0.2) is 35.7 Å². The van der Waals surface area contributed by atoms with Gasteiger partial charge >= 0.3 is 0 Å². The van der Waals surface area contributed by atoms with Crippen LogP contribution in [0.2, 0.25) is 0 Å². The number of imidazole rings is 2. The van der Waals surface area contributed by atoms with Gasteiger partial charge in [-0.3, -0.25) is 14.9 Å². The number of hydrogen-bond donors (Lipinski definition) is 2. The van der Waals surface area contributed by atoms with E-state index in [4.69, 9.17) is 0 Å². The van der Waals surface area contributed by atoms with Crippen molar-refractivity contribution >= 4 is 33.7 Å². The first-order valence-electron chi connectivity index (χ1n) is 9.98. The molecule has 0 aliphatic carbocycles. The fourth-order valence-corrected chi connectivity index (χ4v) is 3.63. The Morgan fingerprint density at radius 2 is 1.31 bits per heavy atom. The smallest absolute Gasteiger partial charge is 0.269 e. The van der Waals surface area contributed by atoms with E-state index >= 15 is 0 Å². The minimum atomic E-state index is -0.491. The lowest BCUT2D eigenvalue weighted by Gasteiger charge is -2.20. The van der Waals surface area contributed by atoms with Crippen molar-refractivity contribution in [1.82, 2.24) is 24.8 Å². The molecule has 5 aromatic rings. The predicted octanol–water partition coefficient (Wildman–Crippen LogP) is 4.19. The SMILES string of the molecule is O=C(c1ccc([N+](=O)[O-])cc1)N(Cc1nc2ccccc2[nH]1)Cc1nc2ccccc2[nH]1. The lowest BCUT2D eigenvalue weighted by atomic mass is 10.2. The zero-order chi connectivity index (χ0) is 22.1.